The van der Waals surface area contributed by atoms with Crippen molar-refractivity contribution in [1.82, 2.24) is 4.90 Å². The third kappa shape index (κ3) is 3.47. The lowest BCUT2D eigenvalue weighted by molar-refractivity contribution is -0.137. The first-order valence-corrected chi connectivity index (χ1v) is 8.86. The van der Waals surface area contributed by atoms with Crippen molar-refractivity contribution in [2.75, 3.05) is 12.3 Å². The van der Waals surface area contributed by atoms with Crippen molar-refractivity contribution in [1.29, 1.82) is 0 Å². The number of amides is 1. The molecule has 2 rings (SSSR count). The van der Waals surface area contributed by atoms with Gasteiger partial charge in [-0.1, -0.05) is 13.0 Å². The molecule has 0 saturated carbocycles. The second-order valence-electron chi connectivity index (χ2n) is 5.32. The first-order chi connectivity index (χ1) is 10.3. The minimum Gasteiger partial charge on any atom is -0.481 e. The second-order valence-corrected chi connectivity index (χ2v) is 7.60. The molecular formula is C15H19NO5S. The molecule has 1 aromatic rings. The van der Waals surface area contributed by atoms with Crippen molar-refractivity contribution < 1.29 is 23.1 Å². The van der Waals surface area contributed by atoms with Gasteiger partial charge in [-0.2, -0.15) is 0 Å². The van der Waals surface area contributed by atoms with E-state index in [4.69, 9.17) is 5.11 Å². The van der Waals surface area contributed by atoms with Gasteiger partial charge in [0.05, 0.1) is 17.1 Å². The van der Waals surface area contributed by atoms with Gasteiger partial charge in [-0.25, -0.2) is 8.42 Å². The number of benzene rings is 1. The molecule has 0 radical (unpaired) electrons. The molecule has 1 amide bonds. The third-order valence-corrected chi connectivity index (χ3v) is 5.60. The minimum absolute atomic E-state index is 0.0317. The highest BCUT2D eigenvalue weighted by Crippen LogP contribution is 2.23. The van der Waals surface area contributed by atoms with Gasteiger partial charge in [-0.05, 0) is 31.0 Å². The van der Waals surface area contributed by atoms with E-state index in [2.05, 4.69) is 0 Å². The fourth-order valence-corrected chi connectivity index (χ4v) is 3.60. The number of carboxylic acids is 1. The van der Waals surface area contributed by atoms with E-state index in [1.807, 2.05) is 0 Å². The Morgan fingerprint density at radius 2 is 2.09 bits per heavy atom. The Morgan fingerprint density at radius 1 is 1.36 bits per heavy atom. The summed E-state index contributed by atoms with van der Waals surface area (Å²) in [6.07, 6.45) is 1.33. The topological polar surface area (TPSA) is 91.8 Å². The van der Waals surface area contributed by atoms with E-state index >= 15 is 0 Å². The van der Waals surface area contributed by atoms with Crippen LogP contribution in [-0.2, 0) is 14.6 Å². The molecule has 1 N–H and O–H groups in total. The van der Waals surface area contributed by atoms with Crippen molar-refractivity contribution in [2.45, 2.75) is 37.1 Å². The number of carbonyl (C=O) groups excluding carboxylic acids is 1. The number of likely N-dealkylation sites (tertiary alicyclic amines) is 1. The van der Waals surface area contributed by atoms with E-state index in [-0.39, 0.29) is 34.6 Å². The Labute approximate surface area is 129 Å². The molecule has 1 aliphatic heterocycles. The van der Waals surface area contributed by atoms with Gasteiger partial charge in [0.25, 0.3) is 5.91 Å². The summed E-state index contributed by atoms with van der Waals surface area (Å²) >= 11 is 0. The molecule has 6 nitrogen and oxygen atoms in total. The van der Waals surface area contributed by atoms with Crippen molar-refractivity contribution in [2.24, 2.45) is 0 Å². The lowest BCUT2D eigenvalue weighted by Gasteiger charge is -2.23. The molecule has 0 bridgehead atoms. The molecule has 1 atom stereocenters. The van der Waals surface area contributed by atoms with E-state index in [1.54, 1.807) is 13.0 Å². The molecular weight excluding hydrogens is 306 g/mol. The normalized spacial score (nSPS) is 18.4. The van der Waals surface area contributed by atoms with E-state index in [1.165, 1.54) is 23.1 Å². The zero-order valence-electron chi connectivity index (χ0n) is 12.4. The third-order valence-electron chi connectivity index (χ3n) is 3.87. The van der Waals surface area contributed by atoms with E-state index in [9.17, 15) is 18.0 Å². The number of carbonyl (C=O) groups is 2. The van der Waals surface area contributed by atoms with E-state index < -0.39 is 15.8 Å². The van der Waals surface area contributed by atoms with Crippen LogP contribution in [-0.4, -0.2) is 48.6 Å². The predicted molar refractivity (Wildman–Crippen MR) is 80.5 cm³/mol. The molecule has 1 heterocycles. The maximum Gasteiger partial charge on any atom is 0.305 e. The molecule has 1 saturated heterocycles. The molecule has 1 aliphatic rings. The largest absolute Gasteiger partial charge is 0.481 e. The zero-order chi connectivity index (χ0) is 16.3. The van der Waals surface area contributed by atoms with Crippen LogP contribution in [0, 0.1) is 0 Å². The van der Waals surface area contributed by atoms with Crippen molar-refractivity contribution >= 4 is 21.7 Å². The Bertz CT molecular complexity index is 683. The van der Waals surface area contributed by atoms with Gasteiger partial charge >= 0.3 is 5.97 Å². The molecule has 0 aliphatic carbocycles. The van der Waals surface area contributed by atoms with Gasteiger partial charge in [0.1, 0.15) is 0 Å². The summed E-state index contributed by atoms with van der Waals surface area (Å²) in [6, 6.07) is 5.62. The van der Waals surface area contributed by atoms with Crippen LogP contribution >= 0.6 is 0 Å². The Balaban J connectivity index is 2.26. The van der Waals surface area contributed by atoms with Gasteiger partial charge in [0.15, 0.2) is 9.84 Å². The molecule has 120 valence electrons. The number of aliphatic carboxylic acids is 1. The van der Waals surface area contributed by atoms with Crippen LogP contribution in [0.15, 0.2) is 29.2 Å². The van der Waals surface area contributed by atoms with Crippen LogP contribution in [0.3, 0.4) is 0 Å². The molecule has 0 aromatic heterocycles. The summed E-state index contributed by atoms with van der Waals surface area (Å²) < 4.78 is 23.8. The lowest BCUT2D eigenvalue weighted by Crippen LogP contribution is -2.36. The summed E-state index contributed by atoms with van der Waals surface area (Å²) in [5, 5.41) is 8.91. The summed E-state index contributed by atoms with van der Waals surface area (Å²) in [6.45, 7) is 2.05. The molecule has 1 fully saturated rings. The van der Waals surface area contributed by atoms with Gasteiger partial charge < -0.3 is 10.0 Å². The quantitative estimate of drug-likeness (QED) is 0.887. The first kappa shape index (κ1) is 16.5. The summed E-state index contributed by atoms with van der Waals surface area (Å²) in [4.78, 5) is 25.1. The smallest absolute Gasteiger partial charge is 0.305 e. The zero-order valence-corrected chi connectivity index (χ0v) is 13.2. The summed E-state index contributed by atoms with van der Waals surface area (Å²) in [5.74, 6) is -1.28. The van der Waals surface area contributed by atoms with Crippen molar-refractivity contribution in [3.05, 3.63) is 29.8 Å². The standard InChI is InChI=1S/C15H19NO5S/c1-2-22(20,21)13-7-3-5-11(9-13)15(19)16-8-4-6-12(16)10-14(17)18/h3,5,7,9,12H,2,4,6,8,10H2,1H3,(H,17,18). The highest BCUT2D eigenvalue weighted by molar-refractivity contribution is 7.91. The van der Waals surface area contributed by atoms with Gasteiger partial charge in [-0.15, -0.1) is 0 Å². The highest BCUT2D eigenvalue weighted by Gasteiger charge is 2.31. The number of rotatable bonds is 5. The maximum atomic E-state index is 12.5. The van der Waals surface area contributed by atoms with Gasteiger partial charge in [-0.3, -0.25) is 9.59 Å². The number of hydrogen-bond acceptors (Lipinski definition) is 4. The second kappa shape index (κ2) is 6.48. The lowest BCUT2D eigenvalue weighted by atomic mass is 10.1. The molecule has 0 spiro atoms. The summed E-state index contributed by atoms with van der Waals surface area (Å²) in [7, 11) is -3.38. The van der Waals surface area contributed by atoms with E-state index in [0.29, 0.717) is 13.0 Å². The molecule has 1 unspecified atom stereocenters. The number of hydrogen-bond donors (Lipinski definition) is 1. The molecule has 7 heteroatoms. The minimum atomic E-state index is -3.38. The SMILES string of the molecule is CCS(=O)(=O)c1cccc(C(=O)N2CCCC2CC(=O)O)c1. The number of carboxylic acid groups (broad SMARTS) is 1. The van der Waals surface area contributed by atoms with Crippen molar-refractivity contribution in [3.63, 3.8) is 0 Å². The fourth-order valence-electron chi connectivity index (χ4n) is 2.67. The van der Waals surface area contributed by atoms with Crippen molar-refractivity contribution in [3.8, 4) is 0 Å². The Morgan fingerprint density at radius 3 is 2.73 bits per heavy atom. The monoisotopic (exact) mass is 325 g/mol. The number of nitrogens with zero attached hydrogens (tertiary/aromatic N) is 1. The average Bonchev–Trinajstić information content (AvgIpc) is 2.94. The highest BCUT2D eigenvalue weighted by atomic mass is 32.2. The Hall–Kier alpha value is -1.89. The summed E-state index contributed by atoms with van der Waals surface area (Å²) in [5.41, 5.74) is 0.284. The van der Waals surface area contributed by atoms with Gasteiger partial charge in [0.2, 0.25) is 0 Å². The van der Waals surface area contributed by atoms with Gasteiger partial charge in [0, 0.05) is 18.2 Å². The first-order valence-electron chi connectivity index (χ1n) is 7.20. The van der Waals surface area contributed by atoms with Crippen LogP contribution in [0.2, 0.25) is 0 Å². The predicted octanol–water partition coefficient (Wildman–Crippen LogP) is 1.56. The van der Waals surface area contributed by atoms with Crippen LogP contribution in [0.5, 0.6) is 0 Å². The molecule has 22 heavy (non-hydrogen) atoms. The molecule has 1 aromatic carbocycles. The fraction of sp³-hybridized carbons (Fsp3) is 0.467. The Kier molecular flexibility index (Phi) is 4.85. The van der Waals surface area contributed by atoms with Crippen LogP contribution in [0.4, 0.5) is 0 Å². The van der Waals surface area contributed by atoms with E-state index in [0.717, 1.165) is 6.42 Å². The average molecular weight is 325 g/mol. The van der Waals surface area contributed by atoms with Crippen LogP contribution in [0.25, 0.3) is 0 Å². The van der Waals surface area contributed by atoms with Crippen LogP contribution < -0.4 is 0 Å². The number of sulfone groups is 1. The van der Waals surface area contributed by atoms with Crippen LogP contribution in [0.1, 0.15) is 36.5 Å². The maximum absolute atomic E-state index is 12.5.